The maximum atomic E-state index is 13.7. The van der Waals surface area contributed by atoms with Crippen LogP contribution in [0.3, 0.4) is 0 Å². The van der Waals surface area contributed by atoms with Gasteiger partial charge in [0.05, 0.1) is 29.9 Å². The molecule has 0 aliphatic heterocycles. The van der Waals surface area contributed by atoms with Crippen molar-refractivity contribution in [2.24, 2.45) is 7.05 Å². The Morgan fingerprint density at radius 3 is 2.41 bits per heavy atom. The zero-order valence-electron chi connectivity index (χ0n) is 16.9. The number of hydrogen-bond donors (Lipinski definition) is 1. The standard InChI is InChI=1S/C19H18F3N5O3S2/c1-26-17(10-27(32(2,29)30)14-6-3-12(20)4-7-14)24-25-19(26)31-11-18(28)23-16-9-13(21)5-8-15(16)22/h3-9H,10-11H2,1-2H3,(H,23,28). The van der Waals surface area contributed by atoms with Crippen molar-refractivity contribution in [3.8, 4) is 0 Å². The lowest BCUT2D eigenvalue weighted by Gasteiger charge is -2.21. The van der Waals surface area contributed by atoms with E-state index in [4.69, 9.17) is 0 Å². The van der Waals surface area contributed by atoms with Gasteiger partial charge in [-0.15, -0.1) is 10.2 Å². The Labute approximate surface area is 186 Å². The van der Waals surface area contributed by atoms with Crippen molar-refractivity contribution in [3.63, 3.8) is 0 Å². The molecule has 1 N–H and O–H groups in total. The summed E-state index contributed by atoms with van der Waals surface area (Å²) in [5, 5.41) is 10.5. The Morgan fingerprint density at radius 2 is 1.75 bits per heavy atom. The summed E-state index contributed by atoms with van der Waals surface area (Å²) in [7, 11) is -2.12. The van der Waals surface area contributed by atoms with E-state index in [2.05, 4.69) is 15.5 Å². The molecule has 1 aromatic heterocycles. The van der Waals surface area contributed by atoms with Crippen molar-refractivity contribution < 1.29 is 26.4 Å². The third-order valence-electron chi connectivity index (χ3n) is 4.26. The Hall–Kier alpha value is -3.06. The third kappa shape index (κ3) is 5.79. The summed E-state index contributed by atoms with van der Waals surface area (Å²) in [6.07, 6.45) is 1.01. The monoisotopic (exact) mass is 485 g/mol. The molecule has 2 aromatic carbocycles. The van der Waals surface area contributed by atoms with Gasteiger partial charge in [0.15, 0.2) is 11.0 Å². The van der Waals surface area contributed by atoms with E-state index in [1.165, 1.54) is 16.7 Å². The van der Waals surface area contributed by atoms with Gasteiger partial charge in [-0.3, -0.25) is 9.10 Å². The first kappa shape index (κ1) is 23.6. The second kappa shape index (κ2) is 9.61. The van der Waals surface area contributed by atoms with Crippen LogP contribution in [0.15, 0.2) is 47.6 Å². The van der Waals surface area contributed by atoms with E-state index in [0.717, 1.165) is 52.7 Å². The zero-order chi connectivity index (χ0) is 23.5. The maximum absolute atomic E-state index is 13.7. The first-order valence-corrected chi connectivity index (χ1v) is 11.9. The Kier molecular flexibility index (Phi) is 7.09. The molecular weight excluding hydrogens is 467 g/mol. The van der Waals surface area contributed by atoms with Crippen LogP contribution in [0.2, 0.25) is 0 Å². The highest BCUT2D eigenvalue weighted by molar-refractivity contribution is 7.99. The van der Waals surface area contributed by atoms with Gasteiger partial charge in [-0.25, -0.2) is 21.6 Å². The van der Waals surface area contributed by atoms with E-state index in [1.807, 2.05) is 0 Å². The lowest BCUT2D eigenvalue weighted by atomic mass is 10.3. The number of aromatic nitrogens is 3. The number of carbonyl (C=O) groups is 1. The van der Waals surface area contributed by atoms with E-state index >= 15 is 0 Å². The normalized spacial score (nSPS) is 11.4. The van der Waals surface area contributed by atoms with E-state index in [0.29, 0.717) is 5.16 Å². The van der Waals surface area contributed by atoms with E-state index in [9.17, 15) is 26.4 Å². The van der Waals surface area contributed by atoms with Crippen LogP contribution in [0.25, 0.3) is 0 Å². The lowest BCUT2D eigenvalue weighted by molar-refractivity contribution is -0.113. The molecule has 0 atom stereocenters. The number of benzene rings is 2. The Balaban J connectivity index is 1.69. The van der Waals surface area contributed by atoms with Crippen LogP contribution in [0.5, 0.6) is 0 Å². The van der Waals surface area contributed by atoms with Gasteiger partial charge in [0, 0.05) is 13.1 Å². The van der Waals surface area contributed by atoms with Gasteiger partial charge < -0.3 is 9.88 Å². The number of nitrogens with zero attached hydrogens (tertiary/aromatic N) is 4. The predicted octanol–water partition coefficient (Wildman–Crippen LogP) is 2.93. The predicted molar refractivity (Wildman–Crippen MR) is 114 cm³/mol. The second-order valence-electron chi connectivity index (χ2n) is 6.66. The van der Waals surface area contributed by atoms with Gasteiger partial charge in [-0.2, -0.15) is 0 Å². The topological polar surface area (TPSA) is 97.2 Å². The van der Waals surface area contributed by atoms with Crippen LogP contribution >= 0.6 is 11.8 Å². The molecule has 13 heteroatoms. The summed E-state index contributed by atoms with van der Waals surface area (Å²) in [5.41, 5.74) is -0.0278. The molecule has 170 valence electrons. The number of amides is 1. The summed E-state index contributed by atoms with van der Waals surface area (Å²) in [6, 6.07) is 7.66. The van der Waals surface area contributed by atoms with Crippen LogP contribution in [0.1, 0.15) is 5.82 Å². The largest absolute Gasteiger partial charge is 0.323 e. The molecule has 0 spiro atoms. The van der Waals surface area contributed by atoms with Crippen molar-refractivity contribution in [1.29, 1.82) is 0 Å². The third-order valence-corrected chi connectivity index (χ3v) is 6.42. The molecule has 0 saturated heterocycles. The fraction of sp³-hybridized carbons (Fsp3) is 0.211. The second-order valence-corrected chi connectivity index (χ2v) is 9.51. The Bertz CT molecular complexity index is 1230. The molecule has 8 nitrogen and oxygen atoms in total. The maximum Gasteiger partial charge on any atom is 0.234 e. The quantitative estimate of drug-likeness (QED) is 0.493. The summed E-state index contributed by atoms with van der Waals surface area (Å²) in [5.74, 6) is -2.45. The molecule has 3 aromatic rings. The number of anilines is 2. The minimum atomic E-state index is -3.71. The molecule has 0 radical (unpaired) electrons. The summed E-state index contributed by atoms with van der Waals surface area (Å²) >= 11 is 0.981. The van der Waals surface area contributed by atoms with Crippen molar-refractivity contribution in [3.05, 3.63) is 65.7 Å². The molecule has 0 unspecified atom stereocenters. The number of nitrogens with one attached hydrogen (secondary N) is 1. The van der Waals surface area contributed by atoms with E-state index in [-0.39, 0.29) is 29.5 Å². The van der Waals surface area contributed by atoms with Gasteiger partial charge in [0.25, 0.3) is 0 Å². The molecule has 0 saturated carbocycles. The van der Waals surface area contributed by atoms with Crippen LogP contribution in [-0.4, -0.2) is 41.1 Å². The number of sulfonamides is 1. The van der Waals surface area contributed by atoms with Crippen LogP contribution in [0, 0.1) is 17.5 Å². The molecule has 1 amide bonds. The number of carbonyl (C=O) groups excluding carboxylic acids is 1. The van der Waals surface area contributed by atoms with Crippen LogP contribution in [0.4, 0.5) is 24.5 Å². The highest BCUT2D eigenvalue weighted by Gasteiger charge is 2.22. The molecule has 0 aliphatic rings. The number of rotatable bonds is 8. The molecule has 0 aliphatic carbocycles. The van der Waals surface area contributed by atoms with Gasteiger partial charge in [-0.1, -0.05) is 11.8 Å². The molecular formula is C19H18F3N5O3S2. The van der Waals surface area contributed by atoms with Crippen molar-refractivity contribution in [1.82, 2.24) is 14.8 Å². The van der Waals surface area contributed by atoms with Gasteiger partial charge in [-0.05, 0) is 36.4 Å². The molecule has 32 heavy (non-hydrogen) atoms. The minimum Gasteiger partial charge on any atom is -0.323 e. The summed E-state index contributed by atoms with van der Waals surface area (Å²) < 4.78 is 67.1. The van der Waals surface area contributed by atoms with E-state index in [1.54, 1.807) is 7.05 Å². The van der Waals surface area contributed by atoms with Crippen LogP contribution < -0.4 is 9.62 Å². The fourth-order valence-electron chi connectivity index (χ4n) is 2.65. The van der Waals surface area contributed by atoms with E-state index < -0.39 is 33.4 Å². The molecule has 0 bridgehead atoms. The fourth-order valence-corrected chi connectivity index (χ4v) is 4.24. The van der Waals surface area contributed by atoms with Gasteiger partial charge >= 0.3 is 0 Å². The highest BCUT2D eigenvalue weighted by Crippen LogP contribution is 2.23. The molecule has 1 heterocycles. The summed E-state index contributed by atoms with van der Waals surface area (Å²) in [6.45, 7) is -0.171. The first-order valence-electron chi connectivity index (χ1n) is 9.04. The molecule has 3 rings (SSSR count). The molecule has 0 fully saturated rings. The average molecular weight is 486 g/mol. The zero-order valence-corrected chi connectivity index (χ0v) is 18.6. The van der Waals surface area contributed by atoms with Crippen LogP contribution in [-0.2, 0) is 28.4 Å². The smallest absolute Gasteiger partial charge is 0.234 e. The Morgan fingerprint density at radius 1 is 1.09 bits per heavy atom. The van der Waals surface area contributed by atoms with Gasteiger partial charge in [0.2, 0.25) is 15.9 Å². The number of hydrogen-bond acceptors (Lipinski definition) is 6. The lowest BCUT2D eigenvalue weighted by Crippen LogP contribution is -2.30. The average Bonchev–Trinajstić information content (AvgIpc) is 3.07. The van der Waals surface area contributed by atoms with Gasteiger partial charge in [0.1, 0.15) is 17.5 Å². The minimum absolute atomic E-state index is 0.171. The first-order chi connectivity index (χ1) is 15.0. The number of thioether (sulfide) groups is 1. The van der Waals surface area contributed by atoms with Crippen molar-refractivity contribution in [2.45, 2.75) is 11.7 Å². The SMILES string of the molecule is Cn1c(CN(c2ccc(F)cc2)S(C)(=O)=O)nnc1SCC(=O)Nc1cc(F)ccc1F. The highest BCUT2D eigenvalue weighted by atomic mass is 32.2. The number of halogens is 3. The van der Waals surface area contributed by atoms with Crippen molar-refractivity contribution in [2.75, 3.05) is 21.6 Å². The summed E-state index contributed by atoms with van der Waals surface area (Å²) in [4.78, 5) is 12.1. The van der Waals surface area contributed by atoms with Crippen molar-refractivity contribution >= 4 is 39.1 Å².